The van der Waals surface area contributed by atoms with Gasteiger partial charge in [0.1, 0.15) is 0 Å². The lowest BCUT2D eigenvalue weighted by Crippen LogP contribution is -1.95. The normalized spacial score (nSPS) is 14.7. The topological polar surface area (TPSA) is 0 Å². The number of rotatable bonds is 7. The van der Waals surface area contributed by atoms with Crippen LogP contribution in [0.15, 0.2) is 55.1 Å². The molecule has 2 unspecified atom stereocenters. The van der Waals surface area contributed by atoms with Gasteiger partial charge in [-0.05, 0) is 18.4 Å². The molecule has 2 atom stereocenters. The number of hydrogen-bond donors (Lipinski definition) is 0. The van der Waals surface area contributed by atoms with E-state index in [1.807, 2.05) is 6.08 Å². The molecular weight excluding hydrogens is 272 g/mol. The largest absolute Gasteiger partial charge is 0.102 e. The summed E-state index contributed by atoms with van der Waals surface area (Å²) in [6.45, 7) is 6.01. The van der Waals surface area contributed by atoms with Crippen molar-refractivity contribution < 1.29 is 0 Å². The standard InChI is InChI=1S/C16H21Br/c1-3-9-14(12-8-13-16(17)4-2)15-10-6-5-7-11-15/h4-8,10-12,14,16H,2-3,9,13H2,1H3/b12-8+. The Bertz CT molecular complexity index is 340. The zero-order valence-corrected chi connectivity index (χ0v) is 12.1. The van der Waals surface area contributed by atoms with Gasteiger partial charge in [-0.15, -0.1) is 6.58 Å². The van der Waals surface area contributed by atoms with E-state index in [-0.39, 0.29) is 0 Å². The minimum atomic E-state index is 0.386. The number of hydrogen-bond acceptors (Lipinski definition) is 0. The number of benzene rings is 1. The minimum Gasteiger partial charge on any atom is -0.102 e. The average molecular weight is 293 g/mol. The van der Waals surface area contributed by atoms with Crippen molar-refractivity contribution in [2.75, 3.05) is 0 Å². The molecule has 0 aliphatic rings. The molecule has 0 N–H and O–H groups in total. The van der Waals surface area contributed by atoms with E-state index in [0.717, 1.165) is 6.42 Å². The molecule has 0 aliphatic carbocycles. The smallest absolute Gasteiger partial charge is 0.0357 e. The van der Waals surface area contributed by atoms with Gasteiger partial charge < -0.3 is 0 Å². The first-order chi connectivity index (χ1) is 8.27. The first kappa shape index (κ1) is 14.2. The van der Waals surface area contributed by atoms with Gasteiger partial charge in [-0.1, -0.05) is 77.8 Å². The van der Waals surface area contributed by atoms with E-state index >= 15 is 0 Å². The third-order valence-corrected chi connectivity index (χ3v) is 3.56. The highest BCUT2D eigenvalue weighted by molar-refractivity contribution is 9.09. The second kappa shape index (κ2) is 8.30. The molecule has 0 saturated carbocycles. The Morgan fingerprint density at radius 2 is 2.00 bits per heavy atom. The monoisotopic (exact) mass is 292 g/mol. The van der Waals surface area contributed by atoms with Gasteiger partial charge in [0, 0.05) is 10.7 Å². The Morgan fingerprint density at radius 1 is 1.29 bits per heavy atom. The van der Waals surface area contributed by atoms with Crippen LogP contribution in [0.3, 0.4) is 0 Å². The fourth-order valence-corrected chi connectivity index (χ4v) is 2.07. The Hall–Kier alpha value is -0.820. The summed E-state index contributed by atoms with van der Waals surface area (Å²) in [5, 5.41) is 0. The molecule has 0 spiro atoms. The van der Waals surface area contributed by atoms with Crippen molar-refractivity contribution in [2.24, 2.45) is 0 Å². The van der Waals surface area contributed by atoms with Crippen molar-refractivity contribution in [3.63, 3.8) is 0 Å². The highest BCUT2D eigenvalue weighted by Gasteiger charge is 2.05. The maximum atomic E-state index is 3.77. The second-order valence-electron chi connectivity index (χ2n) is 4.22. The number of alkyl halides is 1. The number of allylic oxidation sites excluding steroid dienone is 3. The third-order valence-electron chi connectivity index (χ3n) is 2.81. The summed E-state index contributed by atoms with van der Waals surface area (Å²) in [4.78, 5) is 0.386. The Balaban J connectivity index is 2.63. The lowest BCUT2D eigenvalue weighted by atomic mass is 9.94. The van der Waals surface area contributed by atoms with Gasteiger partial charge >= 0.3 is 0 Å². The third kappa shape index (κ3) is 5.36. The van der Waals surface area contributed by atoms with E-state index in [4.69, 9.17) is 0 Å². The van der Waals surface area contributed by atoms with Gasteiger partial charge in [-0.2, -0.15) is 0 Å². The molecular formula is C16H21Br. The number of halogens is 1. The molecule has 0 heterocycles. The van der Waals surface area contributed by atoms with Crippen LogP contribution in [0, 0.1) is 0 Å². The molecule has 0 aromatic heterocycles. The van der Waals surface area contributed by atoms with Crippen LogP contribution < -0.4 is 0 Å². The summed E-state index contributed by atoms with van der Waals surface area (Å²) in [6.07, 6.45) is 9.95. The van der Waals surface area contributed by atoms with E-state index < -0.39 is 0 Å². The maximum absolute atomic E-state index is 3.77. The predicted octanol–water partition coefficient (Wildman–Crippen LogP) is 5.47. The first-order valence-electron chi connectivity index (χ1n) is 6.26. The molecule has 92 valence electrons. The summed E-state index contributed by atoms with van der Waals surface area (Å²) in [5.74, 6) is 0.547. The second-order valence-corrected chi connectivity index (χ2v) is 5.40. The van der Waals surface area contributed by atoms with E-state index in [0.29, 0.717) is 10.7 Å². The van der Waals surface area contributed by atoms with E-state index in [2.05, 4.69) is 71.9 Å². The summed E-state index contributed by atoms with van der Waals surface area (Å²) >= 11 is 3.55. The molecule has 0 nitrogen and oxygen atoms in total. The molecule has 0 amide bonds. The highest BCUT2D eigenvalue weighted by atomic mass is 79.9. The van der Waals surface area contributed by atoms with E-state index in [1.54, 1.807) is 0 Å². The summed E-state index contributed by atoms with van der Waals surface area (Å²) in [6, 6.07) is 10.7. The molecule has 1 aromatic rings. The van der Waals surface area contributed by atoms with Gasteiger partial charge in [0.25, 0.3) is 0 Å². The van der Waals surface area contributed by atoms with Crippen LogP contribution in [-0.4, -0.2) is 4.83 Å². The Morgan fingerprint density at radius 3 is 2.59 bits per heavy atom. The zero-order chi connectivity index (χ0) is 12.5. The van der Waals surface area contributed by atoms with Crippen LogP contribution in [-0.2, 0) is 0 Å². The fraction of sp³-hybridized carbons (Fsp3) is 0.375. The molecule has 0 fully saturated rings. The van der Waals surface area contributed by atoms with Gasteiger partial charge in [0.15, 0.2) is 0 Å². The summed E-state index contributed by atoms with van der Waals surface area (Å²) < 4.78 is 0. The van der Waals surface area contributed by atoms with Crippen molar-refractivity contribution in [3.05, 3.63) is 60.7 Å². The van der Waals surface area contributed by atoms with Crippen molar-refractivity contribution in [1.29, 1.82) is 0 Å². The van der Waals surface area contributed by atoms with Crippen molar-refractivity contribution in [3.8, 4) is 0 Å². The van der Waals surface area contributed by atoms with E-state index in [1.165, 1.54) is 18.4 Å². The molecule has 1 aromatic carbocycles. The van der Waals surface area contributed by atoms with Crippen LogP contribution in [0.25, 0.3) is 0 Å². The highest BCUT2D eigenvalue weighted by Crippen LogP contribution is 2.23. The SMILES string of the molecule is C=CC(Br)C/C=C/C(CCC)c1ccccc1. The van der Waals surface area contributed by atoms with Crippen molar-refractivity contribution in [2.45, 2.75) is 36.9 Å². The molecule has 17 heavy (non-hydrogen) atoms. The quantitative estimate of drug-likeness (QED) is 0.462. The van der Waals surface area contributed by atoms with Crippen molar-refractivity contribution in [1.82, 2.24) is 0 Å². The lowest BCUT2D eigenvalue weighted by Gasteiger charge is -2.12. The van der Waals surface area contributed by atoms with Gasteiger partial charge in [-0.3, -0.25) is 0 Å². The zero-order valence-electron chi connectivity index (χ0n) is 10.5. The first-order valence-corrected chi connectivity index (χ1v) is 7.17. The predicted molar refractivity (Wildman–Crippen MR) is 80.8 cm³/mol. The van der Waals surface area contributed by atoms with Crippen LogP contribution in [0.1, 0.15) is 37.7 Å². The van der Waals surface area contributed by atoms with Crippen molar-refractivity contribution >= 4 is 15.9 Å². The van der Waals surface area contributed by atoms with Crippen LogP contribution in [0.2, 0.25) is 0 Å². The summed E-state index contributed by atoms with van der Waals surface area (Å²) in [7, 11) is 0. The Labute approximate surface area is 114 Å². The van der Waals surface area contributed by atoms with Gasteiger partial charge in [0.2, 0.25) is 0 Å². The molecule has 0 saturated heterocycles. The molecule has 0 aliphatic heterocycles. The summed E-state index contributed by atoms with van der Waals surface area (Å²) in [5.41, 5.74) is 1.41. The van der Waals surface area contributed by atoms with Gasteiger partial charge in [0.05, 0.1) is 0 Å². The Kier molecular flexibility index (Phi) is 6.95. The van der Waals surface area contributed by atoms with E-state index in [9.17, 15) is 0 Å². The molecule has 0 bridgehead atoms. The minimum absolute atomic E-state index is 0.386. The molecule has 0 radical (unpaired) electrons. The molecule has 1 rings (SSSR count). The average Bonchev–Trinajstić information content (AvgIpc) is 2.38. The maximum Gasteiger partial charge on any atom is 0.0357 e. The van der Waals surface area contributed by atoms with Crippen LogP contribution in [0.5, 0.6) is 0 Å². The van der Waals surface area contributed by atoms with Gasteiger partial charge in [-0.25, -0.2) is 0 Å². The molecule has 1 heteroatoms. The van der Waals surface area contributed by atoms with Crippen LogP contribution in [0.4, 0.5) is 0 Å². The van der Waals surface area contributed by atoms with Crippen LogP contribution >= 0.6 is 15.9 Å². The fourth-order valence-electron chi connectivity index (χ4n) is 1.85. The lowest BCUT2D eigenvalue weighted by molar-refractivity contribution is 0.715.